The smallest absolute Gasteiger partial charge is 0.436 e. The fourth-order valence-corrected chi connectivity index (χ4v) is 2.32. The van der Waals surface area contributed by atoms with Gasteiger partial charge in [0.15, 0.2) is 11.3 Å². The Bertz CT molecular complexity index is 775. The van der Waals surface area contributed by atoms with Crippen molar-refractivity contribution >= 4 is 29.2 Å². The van der Waals surface area contributed by atoms with Gasteiger partial charge in [-0.15, -0.1) is 0 Å². The van der Waals surface area contributed by atoms with Gasteiger partial charge in [0.1, 0.15) is 5.75 Å². The second kappa shape index (κ2) is 6.90. The average molecular weight is 383 g/mol. The van der Waals surface area contributed by atoms with Crippen LogP contribution in [0.3, 0.4) is 0 Å². The lowest BCUT2D eigenvalue weighted by molar-refractivity contribution is -0.142. The highest BCUT2D eigenvalue weighted by Crippen LogP contribution is 2.39. The van der Waals surface area contributed by atoms with Crippen molar-refractivity contribution < 1.29 is 27.4 Å². The number of carbonyl (C=O) groups excluding carboxylic acids is 1. The number of benzene rings is 1. The summed E-state index contributed by atoms with van der Waals surface area (Å²) in [6.07, 6.45) is -4.86. The number of ether oxygens (including phenoxy) is 2. The zero-order chi connectivity index (χ0) is 18.1. The van der Waals surface area contributed by atoms with Gasteiger partial charge in [-0.3, -0.25) is 0 Å². The second-order valence-electron chi connectivity index (χ2n) is 4.55. The van der Waals surface area contributed by atoms with Crippen LogP contribution in [0.5, 0.6) is 11.6 Å². The van der Waals surface area contributed by atoms with E-state index in [1.54, 1.807) is 0 Å². The standard InChI is InChI=1S/C14H11Cl2F3N2O3/c1-3-23-13(22)10-11(14(17,18)19)20-21(2)12(10)24-9-5-4-7(15)6-8(9)16/h4-6H,3H2,1-2H3. The van der Waals surface area contributed by atoms with E-state index < -0.39 is 29.3 Å². The largest absolute Gasteiger partial charge is 0.462 e. The molecule has 0 bridgehead atoms. The first-order valence-electron chi connectivity index (χ1n) is 6.59. The van der Waals surface area contributed by atoms with E-state index in [2.05, 4.69) is 9.84 Å². The number of halogens is 5. The highest BCUT2D eigenvalue weighted by atomic mass is 35.5. The molecule has 1 aromatic carbocycles. The zero-order valence-electron chi connectivity index (χ0n) is 12.4. The van der Waals surface area contributed by atoms with Gasteiger partial charge in [-0.25, -0.2) is 9.48 Å². The van der Waals surface area contributed by atoms with E-state index in [-0.39, 0.29) is 17.4 Å². The molecule has 0 N–H and O–H groups in total. The third-order valence-corrected chi connectivity index (χ3v) is 3.37. The van der Waals surface area contributed by atoms with Gasteiger partial charge in [0, 0.05) is 12.1 Å². The molecule has 0 amide bonds. The number of rotatable bonds is 4. The maximum atomic E-state index is 13.1. The van der Waals surface area contributed by atoms with Crippen molar-refractivity contribution in [2.24, 2.45) is 7.05 Å². The second-order valence-corrected chi connectivity index (χ2v) is 5.39. The van der Waals surface area contributed by atoms with Gasteiger partial charge in [-0.1, -0.05) is 23.2 Å². The molecule has 130 valence electrons. The number of carbonyl (C=O) groups is 1. The summed E-state index contributed by atoms with van der Waals surface area (Å²) in [6, 6.07) is 4.15. The summed E-state index contributed by atoms with van der Waals surface area (Å²) < 4.78 is 50.2. The Morgan fingerprint density at radius 2 is 2.00 bits per heavy atom. The quantitative estimate of drug-likeness (QED) is 0.718. The molecule has 24 heavy (non-hydrogen) atoms. The van der Waals surface area contributed by atoms with E-state index in [1.165, 1.54) is 32.2 Å². The molecule has 1 aromatic heterocycles. The Hall–Kier alpha value is -1.93. The fourth-order valence-electron chi connectivity index (χ4n) is 1.87. The molecule has 0 atom stereocenters. The number of hydrogen-bond donors (Lipinski definition) is 0. The average Bonchev–Trinajstić information content (AvgIpc) is 2.79. The molecule has 0 spiro atoms. The minimum Gasteiger partial charge on any atom is -0.462 e. The summed E-state index contributed by atoms with van der Waals surface area (Å²) in [5, 5.41) is 3.71. The molecule has 0 unspecified atom stereocenters. The number of nitrogens with zero attached hydrogens (tertiary/aromatic N) is 2. The number of hydrogen-bond acceptors (Lipinski definition) is 4. The lowest BCUT2D eigenvalue weighted by Gasteiger charge is -2.10. The predicted octanol–water partition coefficient (Wildman–Crippen LogP) is 4.71. The lowest BCUT2D eigenvalue weighted by atomic mass is 10.2. The SMILES string of the molecule is CCOC(=O)c1c(C(F)(F)F)nn(C)c1Oc1ccc(Cl)cc1Cl. The first-order valence-corrected chi connectivity index (χ1v) is 7.35. The van der Waals surface area contributed by atoms with Crippen LogP contribution in [0.4, 0.5) is 13.2 Å². The van der Waals surface area contributed by atoms with Gasteiger partial charge in [-0.05, 0) is 25.1 Å². The molecule has 0 saturated heterocycles. The number of esters is 1. The van der Waals surface area contributed by atoms with Gasteiger partial charge in [0.05, 0.1) is 11.6 Å². The number of aryl methyl sites for hydroxylation is 1. The van der Waals surface area contributed by atoms with Crippen LogP contribution in [-0.4, -0.2) is 22.4 Å². The summed E-state index contributed by atoms with van der Waals surface area (Å²) in [5.41, 5.74) is -2.22. The third-order valence-electron chi connectivity index (χ3n) is 2.84. The third kappa shape index (κ3) is 3.76. The molecular formula is C14H11Cl2F3N2O3. The Morgan fingerprint density at radius 3 is 2.54 bits per heavy atom. The van der Waals surface area contributed by atoms with Crippen LogP contribution in [0.1, 0.15) is 23.0 Å². The highest BCUT2D eigenvalue weighted by Gasteiger charge is 2.42. The normalized spacial score (nSPS) is 11.5. The molecular weight excluding hydrogens is 372 g/mol. The van der Waals surface area contributed by atoms with Crippen molar-refractivity contribution in [3.63, 3.8) is 0 Å². The minimum atomic E-state index is -4.86. The summed E-state index contributed by atoms with van der Waals surface area (Å²) >= 11 is 11.7. The molecule has 2 rings (SSSR count). The van der Waals surface area contributed by atoms with Gasteiger partial charge < -0.3 is 9.47 Å². The number of alkyl halides is 3. The first kappa shape index (κ1) is 18.4. The van der Waals surface area contributed by atoms with Crippen LogP contribution in [0.15, 0.2) is 18.2 Å². The van der Waals surface area contributed by atoms with Crippen LogP contribution < -0.4 is 4.74 Å². The van der Waals surface area contributed by atoms with E-state index in [4.69, 9.17) is 27.9 Å². The van der Waals surface area contributed by atoms with Gasteiger partial charge in [-0.2, -0.15) is 18.3 Å². The molecule has 0 aliphatic rings. The summed E-state index contributed by atoms with van der Waals surface area (Å²) in [7, 11) is 1.21. The number of aromatic nitrogens is 2. The fraction of sp³-hybridized carbons (Fsp3) is 0.286. The summed E-state index contributed by atoms with van der Waals surface area (Å²) in [4.78, 5) is 12.0. The van der Waals surface area contributed by atoms with Crippen molar-refractivity contribution in [1.29, 1.82) is 0 Å². The van der Waals surface area contributed by atoms with Gasteiger partial charge in [0.2, 0.25) is 5.88 Å². The Labute approximate surface area is 144 Å². The molecule has 0 aliphatic carbocycles. The molecule has 0 aliphatic heterocycles. The van der Waals surface area contributed by atoms with Gasteiger partial charge >= 0.3 is 12.1 Å². The Morgan fingerprint density at radius 1 is 1.33 bits per heavy atom. The van der Waals surface area contributed by atoms with Gasteiger partial charge in [0.25, 0.3) is 0 Å². The van der Waals surface area contributed by atoms with Crippen molar-refractivity contribution in [3.8, 4) is 11.6 Å². The van der Waals surface area contributed by atoms with Crippen LogP contribution in [-0.2, 0) is 18.0 Å². The molecule has 1 heterocycles. The molecule has 0 fully saturated rings. The van der Waals surface area contributed by atoms with Crippen LogP contribution >= 0.6 is 23.2 Å². The van der Waals surface area contributed by atoms with Crippen LogP contribution in [0, 0.1) is 0 Å². The summed E-state index contributed by atoms with van der Waals surface area (Å²) in [6.45, 7) is 1.37. The maximum Gasteiger partial charge on any atom is 0.436 e. The van der Waals surface area contributed by atoms with Crippen molar-refractivity contribution in [3.05, 3.63) is 39.5 Å². The Balaban J connectivity index is 2.56. The molecule has 2 aromatic rings. The predicted molar refractivity (Wildman–Crippen MR) is 80.7 cm³/mol. The molecule has 5 nitrogen and oxygen atoms in total. The van der Waals surface area contributed by atoms with E-state index in [0.29, 0.717) is 5.02 Å². The minimum absolute atomic E-state index is 0.0170. The zero-order valence-corrected chi connectivity index (χ0v) is 14.0. The summed E-state index contributed by atoms with van der Waals surface area (Å²) in [5.74, 6) is -1.62. The topological polar surface area (TPSA) is 53.3 Å². The van der Waals surface area contributed by atoms with E-state index in [1.807, 2.05) is 0 Å². The first-order chi connectivity index (χ1) is 11.1. The highest BCUT2D eigenvalue weighted by molar-refractivity contribution is 6.35. The van der Waals surface area contributed by atoms with E-state index in [9.17, 15) is 18.0 Å². The molecule has 0 saturated carbocycles. The van der Waals surface area contributed by atoms with Crippen LogP contribution in [0.2, 0.25) is 10.0 Å². The van der Waals surface area contributed by atoms with Crippen molar-refractivity contribution in [2.75, 3.05) is 6.61 Å². The maximum absolute atomic E-state index is 13.1. The van der Waals surface area contributed by atoms with E-state index >= 15 is 0 Å². The lowest BCUT2D eigenvalue weighted by Crippen LogP contribution is -2.14. The molecule has 10 heteroatoms. The molecule has 0 radical (unpaired) electrons. The monoisotopic (exact) mass is 382 g/mol. The van der Waals surface area contributed by atoms with E-state index in [0.717, 1.165) is 4.68 Å². The van der Waals surface area contributed by atoms with Crippen LogP contribution in [0.25, 0.3) is 0 Å². The Kier molecular flexibility index (Phi) is 5.29. The van der Waals surface area contributed by atoms with Crippen molar-refractivity contribution in [1.82, 2.24) is 9.78 Å². The van der Waals surface area contributed by atoms with Crippen molar-refractivity contribution in [2.45, 2.75) is 13.1 Å².